The van der Waals surface area contributed by atoms with E-state index in [1.165, 1.54) is 19.3 Å². The molecule has 2 heterocycles. The van der Waals surface area contributed by atoms with Crippen LogP contribution in [0.5, 0.6) is 0 Å². The Balaban J connectivity index is 1.59. The highest BCUT2D eigenvalue weighted by Crippen LogP contribution is 2.29. The molecule has 1 aliphatic rings. The van der Waals surface area contributed by atoms with Crippen LogP contribution in [-0.4, -0.2) is 15.4 Å². The molecule has 0 aromatic carbocycles. The van der Waals surface area contributed by atoms with Crippen molar-refractivity contribution < 1.29 is 0 Å². The highest BCUT2D eigenvalue weighted by Gasteiger charge is 2.23. The summed E-state index contributed by atoms with van der Waals surface area (Å²) >= 11 is 1.69. The highest BCUT2D eigenvalue weighted by atomic mass is 32.1. The van der Waals surface area contributed by atoms with Crippen molar-refractivity contribution in [2.24, 2.45) is 5.92 Å². The largest absolute Gasteiger partial charge is 0.308 e. The van der Waals surface area contributed by atoms with Gasteiger partial charge in [0.25, 0.3) is 0 Å². The maximum absolute atomic E-state index is 4.57. The van der Waals surface area contributed by atoms with Crippen molar-refractivity contribution in [1.29, 1.82) is 0 Å². The lowest BCUT2D eigenvalue weighted by Crippen LogP contribution is -2.36. The summed E-state index contributed by atoms with van der Waals surface area (Å²) in [5.74, 6) is 0.892. The van der Waals surface area contributed by atoms with Gasteiger partial charge in [0.1, 0.15) is 0 Å². The molecule has 0 saturated heterocycles. The van der Waals surface area contributed by atoms with Gasteiger partial charge in [0.2, 0.25) is 0 Å². The average molecular weight is 235 g/mol. The number of fused-ring (bicyclic) bond motifs is 1. The monoisotopic (exact) mass is 235 g/mol. The second-order valence-electron chi connectivity index (χ2n) is 4.69. The molecule has 0 amide bonds. The molecule has 0 radical (unpaired) electrons. The fraction of sp³-hybridized carbons (Fsp3) is 0.583. The molecule has 2 aromatic rings. The zero-order valence-electron chi connectivity index (χ0n) is 9.52. The second-order valence-corrected chi connectivity index (χ2v) is 5.56. The van der Waals surface area contributed by atoms with Gasteiger partial charge >= 0.3 is 0 Å². The number of thiazole rings is 1. The first-order valence-electron chi connectivity index (χ1n) is 5.97. The van der Waals surface area contributed by atoms with E-state index >= 15 is 0 Å². The number of nitrogens with one attached hydrogen (secondary N) is 1. The smallest absolute Gasteiger partial charge is 0.193 e. The molecule has 1 unspecified atom stereocenters. The highest BCUT2D eigenvalue weighted by molar-refractivity contribution is 7.15. The number of rotatable bonds is 4. The van der Waals surface area contributed by atoms with Gasteiger partial charge in [0.05, 0.1) is 5.69 Å². The molecule has 0 bridgehead atoms. The van der Waals surface area contributed by atoms with E-state index in [1.54, 1.807) is 11.3 Å². The molecule has 0 aliphatic heterocycles. The Labute approximate surface area is 99.5 Å². The molecule has 1 fully saturated rings. The molecule has 1 saturated carbocycles. The molecule has 16 heavy (non-hydrogen) atoms. The fourth-order valence-corrected chi connectivity index (χ4v) is 2.95. The summed E-state index contributed by atoms with van der Waals surface area (Å²) < 4.78 is 2.09. The zero-order valence-corrected chi connectivity index (χ0v) is 10.3. The molecule has 0 spiro atoms. The van der Waals surface area contributed by atoms with Crippen molar-refractivity contribution >= 4 is 16.3 Å². The maximum atomic E-state index is 4.57. The molecule has 4 heteroatoms. The van der Waals surface area contributed by atoms with E-state index in [9.17, 15) is 0 Å². The van der Waals surface area contributed by atoms with Crippen molar-refractivity contribution in [3.05, 3.63) is 23.5 Å². The van der Waals surface area contributed by atoms with Gasteiger partial charge in [-0.15, -0.1) is 11.3 Å². The summed E-state index contributed by atoms with van der Waals surface area (Å²) in [5.41, 5.74) is 1.15. The predicted octanol–water partition coefficient (Wildman–Crippen LogP) is 2.67. The summed E-state index contributed by atoms with van der Waals surface area (Å²) in [5, 5.41) is 5.65. The van der Waals surface area contributed by atoms with Crippen molar-refractivity contribution in [1.82, 2.24) is 14.7 Å². The van der Waals surface area contributed by atoms with Gasteiger partial charge in [0.15, 0.2) is 4.96 Å². The van der Waals surface area contributed by atoms with Crippen LogP contribution in [0.15, 0.2) is 17.8 Å². The molecule has 1 aliphatic carbocycles. The third kappa shape index (κ3) is 1.87. The van der Waals surface area contributed by atoms with Crippen molar-refractivity contribution in [2.75, 3.05) is 0 Å². The number of nitrogens with zero attached hydrogens (tertiary/aromatic N) is 2. The minimum absolute atomic E-state index is 0.633. The van der Waals surface area contributed by atoms with Crippen LogP contribution in [0.25, 0.3) is 4.96 Å². The van der Waals surface area contributed by atoms with Crippen molar-refractivity contribution in [3.8, 4) is 0 Å². The van der Waals surface area contributed by atoms with E-state index in [2.05, 4.69) is 39.4 Å². The van der Waals surface area contributed by atoms with Gasteiger partial charge in [0, 0.05) is 30.4 Å². The van der Waals surface area contributed by atoms with E-state index in [0.717, 1.165) is 23.1 Å². The molecule has 1 N–H and O–H groups in total. The normalized spacial score (nSPS) is 18.8. The topological polar surface area (TPSA) is 29.3 Å². The summed E-state index contributed by atoms with van der Waals surface area (Å²) in [4.78, 5) is 5.66. The van der Waals surface area contributed by atoms with Crippen LogP contribution in [-0.2, 0) is 6.54 Å². The summed E-state index contributed by atoms with van der Waals surface area (Å²) in [7, 11) is 0. The Hall–Kier alpha value is -0.870. The van der Waals surface area contributed by atoms with E-state index in [-0.39, 0.29) is 0 Å². The lowest BCUT2D eigenvalue weighted by Gasteiger charge is -2.31. The van der Waals surface area contributed by atoms with E-state index in [1.807, 2.05) is 0 Å². The van der Waals surface area contributed by atoms with Crippen LogP contribution in [0.2, 0.25) is 0 Å². The van der Waals surface area contributed by atoms with Crippen LogP contribution in [0.1, 0.15) is 31.9 Å². The van der Waals surface area contributed by atoms with Crippen LogP contribution >= 0.6 is 11.3 Å². The van der Waals surface area contributed by atoms with Gasteiger partial charge in [-0.05, 0) is 25.7 Å². The Morgan fingerprint density at radius 3 is 3.19 bits per heavy atom. The quantitative estimate of drug-likeness (QED) is 0.883. The zero-order chi connectivity index (χ0) is 11.0. The fourth-order valence-electron chi connectivity index (χ4n) is 2.23. The molecule has 1 atom stereocenters. The average Bonchev–Trinajstić information content (AvgIpc) is 2.70. The lowest BCUT2D eigenvalue weighted by atomic mass is 9.80. The SMILES string of the molecule is CC(NCc1cn2ccsc2n1)C1CCC1. The Bertz CT molecular complexity index is 441. The van der Waals surface area contributed by atoms with Gasteiger partial charge in [-0.25, -0.2) is 4.98 Å². The number of imidazole rings is 1. The molecule has 2 aromatic heterocycles. The van der Waals surface area contributed by atoms with Gasteiger partial charge in [-0.2, -0.15) is 0 Å². The number of hydrogen-bond acceptors (Lipinski definition) is 3. The van der Waals surface area contributed by atoms with Crippen LogP contribution < -0.4 is 5.32 Å². The second kappa shape index (κ2) is 4.18. The molecule has 86 valence electrons. The van der Waals surface area contributed by atoms with Crippen molar-refractivity contribution in [2.45, 2.75) is 38.8 Å². The maximum Gasteiger partial charge on any atom is 0.193 e. The molecule has 3 rings (SSSR count). The van der Waals surface area contributed by atoms with Crippen LogP contribution in [0, 0.1) is 5.92 Å². The first kappa shape index (κ1) is 10.3. The Morgan fingerprint density at radius 2 is 2.50 bits per heavy atom. The first-order chi connectivity index (χ1) is 7.83. The van der Waals surface area contributed by atoms with E-state index < -0.39 is 0 Å². The minimum atomic E-state index is 0.633. The first-order valence-corrected chi connectivity index (χ1v) is 6.85. The summed E-state index contributed by atoms with van der Waals surface area (Å²) in [6.07, 6.45) is 8.38. The number of hydrogen-bond donors (Lipinski definition) is 1. The molecular formula is C12H17N3S. The summed E-state index contributed by atoms with van der Waals surface area (Å²) in [6, 6.07) is 0.633. The van der Waals surface area contributed by atoms with Gasteiger partial charge in [-0.1, -0.05) is 6.42 Å². The predicted molar refractivity (Wildman–Crippen MR) is 66.7 cm³/mol. The Morgan fingerprint density at radius 1 is 1.62 bits per heavy atom. The van der Waals surface area contributed by atoms with Crippen LogP contribution in [0.4, 0.5) is 0 Å². The van der Waals surface area contributed by atoms with E-state index in [0.29, 0.717) is 6.04 Å². The summed E-state index contributed by atoms with van der Waals surface area (Å²) in [6.45, 7) is 3.19. The van der Waals surface area contributed by atoms with E-state index in [4.69, 9.17) is 0 Å². The van der Waals surface area contributed by atoms with Crippen LogP contribution in [0.3, 0.4) is 0 Å². The van der Waals surface area contributed by atoms with Gasteiger partial charge < -0.3 is 5.32 Å². The molecular weight excluding hydrogens is 218 g/mol. The Kier molecular flexibility index (Phi) is 2.69. The molecule has 3 nitrogen and oxygen atoms in total. The third-order valence-corrected chi connectivity index (χ3v) is 4.38. The van der Waals surface area contributed by atoms with Crippen molar-refractivity contribution in [3.63, 3.8) is 0 Å². The third-order valence-electron chi connectivity index (χ3n) is 3.61. The number of aromatic nitrogens is 2. The minimum Gasteiger partial charge on any atom is -0.308 e. The standard InChI is InChI=1S/C12H17N3S/c1-9(10-3-2-4-10)13-7-11-8-15-5-6-16-12(15)14-11/h5-6,8-10,13H,2-4,7H2,1H3. The van der Waals surface area contributed by atoms with Gasteiger partial charge in [-0.3, -0.25) is 4.40 Å². The lowest BCUT2D eigenvalue weighted by molar-refractivity contribution is 0.239.